The molecular weight excluding hydrogens is 434 g/mol. The lowest BCUT2D eigenvalue weighted by atomic mass is 9.92. The van der Waals surface area contributed by atoms with Gasteiger partial charge in [0.2, 0.25) is 0 Å². The summed E-state index contributed by atoms with van der Waals surface area (Å²) in [4.78, 5) is 26.7. The summed E-state index contributed by atoms with van der Waals surface area (Å²) in [7, 11) is 1.28. The van der Waals surface area contributed by atoms with E-state index >= 15 is 0 Å². The Bertz CT molecular complexity index is 958. The van der Waals surface area contributed by atoms with Crippen molar-refractivity contribution >= 4 is 45.2 Å². The minimum atomic E-state index is -0.885. The van der Waals surface area contributed by atoms with Crippen LogP contribution in [0.2, 0.25) is 5.02 Å². The van der Waals surface area contributed by atoms with E-state index in [1.807, 2.05) is 24.3 Å². The number of carbonyl (C=O) groups is 2. The Kier molecular flexibility index (Phi) is 5.68. The van der Waals surface area contributed by atoms with E-state index in [9.17, 15) is 14.9 Å². The topological polar surface area (TPSA) is 82.4 Å². The van der Waals surface area contributed by atoms with Crippen LogP contribution in [0, 0.1) is 11.3 Å². The molecule has 0 bridgehead atoms. The maximum atomic E-state index is 13.1. The van der Waals surface area contributed by atoms with Gasteiger partial charge in [-0.2, -0.15) is 5.26 Å². The second-order valence-corrected chi connectivity index (χ2v) is 7.30. The lowest BCUT2D eigenvalue weighted by Gasteiger charge is -2.35. The van der Waals surface area contributed by atoms with Crippen molar-refractivity contribution in [2.75, 3.05) is 19.0 Å². The standard InChI is InChI=1S/C19H15BrClN3O3/c1-27-19(26)24-7-6-11-2-4-13(20)8-15(11)17(24)18(25)23-16-9-14(21)5-3-12(16)10-22/h2-5,8-9,17H,6-7H2,1H3,(H,23,25)/t17-/m0/s1. The first kappa shape index (κ1) is 19.2. The first-order valence-corrected chi connectivity index (χ1v) is 9.25. The van der Waals surface area contributed by atoms with E-state index in [-0.39, 0.29) is 5.56 Å². The van der Waals surface area contributed by atoms with E-state index in [0.717, 1.165) is 10.0 Å². The largest absolute Gasteiger partial charge is 0.453 e. The molecule has 1 N–H and O–H groups in total. The van der Waals surface area contributed by atoms with Crippen molar-refractivity contribution < 1.29 is 14.3 Å². The molecular formula is C19H15BrClN3O3. The summed E-state index contributed by atoms with van der Waals surface area (Å²) in [5.41, 5.74) is 2.26. The molecule has 1 aliphatic rings. The van der Waals surface area contributed by atoms with Crippen LogP contribution in [0.25, 0.3) is 0 Å². The SMILES string of the molecule is COC(=O)N1CCc2ccc(Br)cc2[C@H]1C(=O)Nc1cc(Cl)ccc1C#N. The van der Waals surface area contributed by atoms with Crippen LogP contribution >= 0.6 is 27.5 Å². The number of hydrogen-bond acceptors (Lipinski definition) is 4. The molecule has 2 aromatic rings. The Labute approximate surface area is 169 Å². The van der Waals surface area contributed by atoms with Gasteiger partial charge in [-0.25, -0.2) is 4.79 Å². The molecule has 0 radical (unpaired) electrons. The predicted molar refractivity (Wildman–Crippen MR) is 104 cm³/mol. The second kappa shape index (κ2) is 7.99. The molecule has 0 aromatic heterocycles. The summed E-state index contributed by atoms with van der Waals surface area (Å²) in [6, 6.07) is 11.4. The Morgan fingerprint density at radius 2 is 2.11 bits per heavy atom. The summed E-state index contributed by atoms with van der Waals surface area (Å²) < 4.78 is 5.65. The third-order valence-electron chi connectivity index (χ3n) is 4.35. The van der Waals surface area contributed by atoms with Crippen molar-refractivity contribution in [2.24, 2.45) is 0 Å². The van der Waals surface area contributed by atoms with E-state index in [1.54, 1.807) is 6.07 Å². The number of halogens is 2. The highest BCUT2D eigenvalue weighted by Crippen LogP contribution is 2.34. The molecule has 6 nitrogen and oxygen atoms in total. The zero-order valence-electron chi connectivity index (χ0n) is 14.3. The molecule has 3 rings (SSSR count). The minimum absolute atomic E-state index is 0.280. The number of rotatable bonds is 2. The first-order chi connectivity index (χ1) is 12.9. The third-order valence-corrected chi connectivity index (χ3v) is 5.08. The van der Waals surface area contributed by atoms with Gasteiger partial charge in [0.1, 0.15) is 12.1 Å². The molecule has 0 saturated heterocycles. The Hall–Kier alpha value is -2.56. The molecule has 0 spiro atoms. The highest BCUT2D eigenvalue weighted by Gasteiger charge is 2.37. The zero-order chi connectivity index (χ0) is 19.6. The quantitative estimate of drug-likeness (QED) is 0.743. The molecule has 1 heterocycles. The highest BCUT2D eigenvalue weighted by atomic mass is 79.9. The van der Waals surface area contributed by atoms with E-state index < -0.39 is 18.0 Å². The van der Waals surface area contributed by atoms with Gasteiger partial charge >= 0.3 is 6.09 Å². The Morgan fingerprint density at radius 3 is 2.81 bits per heavy atom. The molecule has 2 aromatic carbocycles. The van der Waals surface area contributed by atoms with E-state index in [1.165, 1.54) is 24.1 Å². The van der Waals surface area contributed by atoms with Crippen LogP contribution in [0.3, 0.4) is 0 Å². The summed E-state index contributed by atoms with van der Waals surface area (Å²) in [6.07, 6.45) is 0.0228. The fraction of sp³-hybridized carbons (Fsp3) is 0.211. The highest BCUT2D eigenvalue weighted by molar-refractivity contribution is 9.10. The average Bonchev–Trinajstić information content (AvgIpc) is 2.66. The van der Waals surface area contributed by atoms with Gasteiger partial charge in [-0.1, -0.05) is 33.6 Å². The van der Waals surface area contributed by atoms with Crippen molar-refractivity contribution in [3.63, 3.8) is 0 Å². The summed E-state index contributed by atoms with van der Waals surface area (Å²) in [6.45, 7) is 0.347. The van der Waals surface area contributed by atoms with Crippen LogP contribution in [-0.4, -0.2) is 30.6 Å². The number of benzene rings is 2. The number of nitrogens with zero attached hydrogens (tertiary/aromatic N) is 2. The molecule has 2 amide bonds. The van der Waals surface area contributed by atoms with Crippen molar-refractivity contribution in [3.8, 4) is 6.07 Å². The van der Waals surface area contributed by atoms with E-state index in [4.69, 9.17) is 16.3 Å². The van der Waals surface area contributed by atoms with Gasteiger partial charge in [-0.15, -0.1) is 0 Å². The first-order valence-electron chi connectivity index (χ1n) is 8.08. The fourth-order valence-electron chi connectivity index (χ4n) is 3.10. The maximum absolute atomic E-state index is 13.1. The van der Waals surface area contributed by atoms with Crippen LogP contribution < -0.4 is 5.32 Å². The van der Waals surface area contributed by atoms with Gasteiger partial charge < -0.3 is 10.1 Å². The molecule has 0 unspecified atom stereocenters. The monoisotopic (exact) mass is 447 g/mol. The van der Waals surface area contributed by atoms with Crippen molar-refractivity contribution in [2.45, 2.75) is 12.5 Å². The minimum Gasteiger partial charge on any atom is -0.453 e. The van der Waals surface area contributed by atoms with Gasteiger partial charge in [-0.3, -0.25) is 9.69 Å². The van der Waals surface area contributed by atoms with Gasteiger partial charge in [0, 0.05) is 16.0 Å². The summed E-state index contributed by atoms with van der Waals surface area (Å²) >= 11 is 9.41. The fourth-order valence-corrected chi connectivity index (χ4v) is 3.65. The number of methoxy groups -OCH3 is 1. The molecule has 138 valence electrons. The van der Waals surface area contributed by atoms with Crippen LogP contribution in [0.4, 0.5) is 10.5 Å². The summed E-state index contributed by atoms with van der Waals surface area (Å²) in [5.74, 6) is -0.446. The number of anilines is 1. The number of carbonyl (C=O) groups excluding carboxylic acids is 2. The van der Waals surface area contributed by atoms with Crippen LogP contribution in [0.1, 0.15) is 22.7 Å². The van der Waals surface area contributed by atoms with Crippen LogP contribution in [0.15, 0.2) is 40.9 Å². The molecule has 27 heavy (non-hydrogen) atoms. The number of nitriles is 1. The normalized spacial score (nSPS) is 15.5. The number of amides is 2. The van der Waals surface area contributed by atoms with Crippen molar-refractivity contribution in [3.05, 3.63) is 62.6 Å². The molecule has 0 aliphatic carbocycles. The van der Waals surface area contributed by atoms with Crippen molar-refractivity contribution in [1.29, 1.82) is 5.26 Å². The molecule has 1 atom stereocenters. The number of fused-ring (bicyclic) bond motifs is 1. The van der Waals surface area contributed by atoms with Crippen LogP contribution in [-0.2, 0) is 16.0 Å². The summed E-state index contributed by atoms with van der Waals surface area (Å²) in [5, 5.41) is 12.4. The third kappa shape index (κ3) is 3.92. The smallest absolute Gasteiger partial charge is 0.410 e. The lowest BCUT2D eigenvalue weighted by Crippen LogP contribution is -2.45. The number of nitrogens with one attached hydrogen (secondary N) is 1. The molecule has 0 saturated carbocycles. The second-order valence-electron chi connectivity index (χ2n) is 5.95. The van der Waals surface area contributed by atoms with Crippen LogP contribution in [0.5, 0.6) is 0 Å². The van der Waals surface area contributed by atoms with Gasteiger partial charge in [0.25, 0.3) is 5.91 Å². The van der Waals surface area contributed by atoms with Crippen molar-refractivity contribution in [1.82, 2.24) is 4.90 Å². The predicted octanol–water partition coefficient (Wildman–Crippen LogP) is 4.28. The zero-order valence-corrected chi connectivity index (χ0v) is 16.7. The molecule has 1 aliphatic heterocycles. The van der Waals surface area contributed by atoms with E-state index in [2.05, 4.69) is 21.2 Å². The maximum Gasteiger partial charge on any atom is 0.410 e. The number of hydrogen-bond donors (Lipinski definition) is 1. The van der Waals surface area contributed by atoms with Gasteiger partial charge in [0.05, 0.1) is 18.4 Å². The lowest BCUT2D eigenvalue weighted by molar-refractivity contribution is -0.121. The number of ether oxygens (including phenoxy) is 1. The van der Waals surface area contributed by atoms with Gasteiger partial charge in [-0.05, 0) is 47.9 Å². The van der Waals surface area contributed by atoms with Gasteiger partial charge in [0.15, 0.2) is 0 Å². The Morgan fingerprint density at radius 1 is 1.33 bits per heavy atom. The van der Waals surface area contributed by atoms with E-state index in [0.29, 0.717) is 29.2 Å². The molecule has 8 heteroatoms. The Balaban J connectivity index is 2.02. The average molecular weight is 449 g/mol. The molecule has 0 fully saturated rings.